The smallest absolute Gasteiger partial charge is 0.249 e. The molecule has 1 aromatic carbocycles. The van der Waals surface area contributed by atoms with E-state index in [9.17, 15) is 19.5 Å². The first-order valence-corrected chi connectivity index (χ1v) is 7.76. The molecule has 0 saturated heterocycles. The molecule has 0 bridgehead atoms. The van der Waals surface area contributed by atoms with Gasteiger partial charge in [-0.05, 0) is 23.4 Å². The number of Topliss-reactive ketones (excluding diaryl/α,β-unsaturated/α-hetero) is 1. The van der Waals surface area contributed by atoms with E-state index in [-0.39, 0.29) is 0 Å². The summed E-state index contributed by atoms with van der Waals surface area (Å²) in [5.74, 6) is -9.51. The molecule has 4 atom stereocenters. The lowest BCUT2D eigenvalue weighted by Gasteiger charge is -2.24. The van der Waals surface area contributed by atoms with Gasteiger partial charge >= 0.3 is 0 Å². The van der Waals surface area contributed by atoms with Crippen molar-refractivity contribution < 1.29 is 35.9 Å². The van der Waals surface area contributed by atoms with Crippen LogP contribution in [0.5, 0.6) is 0 Å². The molecule has 1 aliphatic rings. The summed E-state index contributed by atoms with van der Waals surface area (Å²) in [5.41, 5.74) is -1.19. The van der Waals surface area contributed by atoms with Crippen LogP contribution in [-0.4, -0.2) is 47.3 Å². The molecule has 26 heavy (non-hydrogen) atoms. The molecule has 0 aliphatic carbocycles. The zero-order valence-corrected chi connectivity index (χ0v) is 14.6. The van der Waals surface area contributed by atoms with Crippen LogP contribution in [-0.2, 0) is 20.8 Å². The van der Waals surface area contributed by atoms with Gasteiger partial charge in [0.15, 0.2) is 5.78 Å². The summed E-state index contributed by atoms with van der Waals surface area (Å²) in [6.07, 6.45) is -4.33. The normalized spacial score (nSPS) is 34.9. The number of aliphatic hydroxyl groups is 1. The molecule has 0 aromatic heterocycles. The SMILES string of the molecule is [2H]c1c([2H])c([2H])c2c(c1[2H])CC([2H])([2H])N(C)C(=O)[C@@]2([2H])NC(=O)[C@]([2H])(C)CC(=O)[C@@H](O)C([2H])(C)C([2H])([2H])[2H]. The number of nitrogens with one attached hydrogen (secondary N) is 1. The third kappa shape index (κ3) is 4.49. The van der Waals surface area contributed by atoms with Crippen LogP contribution in [0.1, 0.15) is 60.7 Å². The third-order valence-electron chi connectivity index (χ3n) is 3.81. The molecule has 0 fully saturated rings. The number of carbonyl (C=O) groups excluding carboxylic acids is 3. The first-order valence-electron chi connectivity index (χ1n) is 13.8. The lowest BCUT2D eigenvalue weighted by molar-refractivity contribution is -0.137. The minimum atomic E-state index is -3.10. The van der Waals surface area contributed by atoms with Gasteiger partial charge in [-0.1, -0.05) is 44.9 Å². The molecule has 6 heteroatoms. The highest BCUT2D eigenvalue weighted by Gasteiger charge is 2.32. The number of hydrogen-bond donors (Lipinski definition) is 2. The summed E-state index contributed by atoms with van der Waals surface area (Å²) in [5, 5.41) is 12.1. The van der Waals surface area contributed by atoms with Gasteiger partial charge < -0.3 is 15.3 Å². The number of aliphatic hydroxyl groups excluding tert-OH is 1. The van der Waals surface area contributed by atoms with Crippen molar-refractivity contribution in [2.24, 2.45) is 11.8 Å². The average molecular weight is 373 g/mol. The van der Waals surface area contributed by atoms with Crippen LogP contribution < -0.4 is 5.32 Å². The molecule has 2 N–H and O–H groups in total. The maximum Gasteiger partial charge on any atom is 0.249 e. The Labute approximate surface area is 171 Å². The van der Waals surface area contributed by atoms with E-state index in [0.29, 0.717) is 4.90 Å². The van der Waals surface area contributed by atoms with Gasteiger partial charge in [-0.3, -0.25) is 14.4 Å². The molecular formula is C20H28N2O4. The zero-order chi connectivity index (χ0) is 30.0. The number of carbonyl (C=O) groups is 3. The van der Waals surface area contributed by atoms with Crippen LogP contribution in [0.25, 0.3) is 0 Å². The Kier molecular flexibility index (Phi) is 2.97. The molecule has 1 aliphatic heterocycles. The minimum Gasteiger partial charge on any atom is -0.385 e. The van der Waals surface area contributed by atoms with Crippen LogP contribution in [0.15, 0.2) is 24.2 Å². The maximum absolute atomic E-state index is 13.3. The van der Waals surface area contributed by atoms with Gasteiger partial charge in [-0.25, -0.2) is 0 Å². The van der Waals surface area contributed by atoms with E-state index in [4.69, 9.17) is 16.4 Å². The van der Waals surface area contributed by atoms with E-state index in [1.165, 1.54) is 0 Å². The van der Waals surface area contributed by atoms with Crippen molar-refractivity contribution in [1.29, 1.82) is 0 Å². The molecule has 0 radical (unpaired) electrons. The molecular weight excluding hydrogens is 332 g/mol. The number of likely N-dealkylation sites (N-methyl/N-ethyl adjacent to an activating group) is 1. The Hall–Kier alpha value is -2.21. The molecule has 6 nitrogen and oxygen atoms in total. The first kappa shape index (κ1) is 9.13. The van der Waals surface area contributed by atoms with Crippen molar-refractivity contribution in [3.05, 3.63) is 35.3 Å². The van der Waals surface area contributed by atoms with Crippen LogP contribution >= 0.6 is 0 Å². The van der Waals surface area contributed by atoms with E-state index in [1.54, 1.807) is 0 Å². The lowest BCUT2D eigenvalue weighted by atomic mass is 9.94. The Morgan fingerprint density at radius 1 is 1.54 bits per heavy atom. The number of amides is 2. The zero-order valence-electron chi connectivity index (χ0n) is 26.6. The van der Waals surface area contributed by atoms with Gasteiger partial charge in [0.25, 0.3) is 0 Å². The Morgan fingerprint density at radius 3 is 2.92 bits per heavy atom. The molecule has 1 unspecified atom stereocenters. The molecule has 1 heterocycles. The average Bonchev–Trinajstić information content (AvgIpc) is 2.82. The second-order valence-corrected chi connectivity index (χ2v) is 5.89. The van der Waals surface area contributed by atoms with E-state index in [2.05, 4.69) is 0 Å². The van der Waals surface area contributed by atoms with E-state index >= 15 is 0 Å². The van der Waals surface area contributed by atoms with Crippen molar-refractivity contribution in [3.8, 4) is 0 Å². The number of fused-ring (bicyclic) bond motifs is 1. The molecule has 2 rings (SSSR count). The summed E-state index contributed by atoms with van der Waals surface area (Å²) < 4.78 is 95.9. The number of nitrogens with zero attached hydrogens (tertiary/aromatic N) is 1. The molecule has 1 aromatic rings. The Balaban J connectivity index is 2.59. The van der Waals surface area contributed by atoms with Gasteiger partial charge in [-0.2, -0.15) is 0 Å². The maximum atomic E-state index is 13.3. The second-order valence-electron chi connectivity index (χ2n) is 5.89. The number of rotatable bonds is 6. The molecule has 0 saturated carbocycles. The number of hydrogen-bond acceptors (Lipinski definition) is 4. The van der Waals surface area contributed by atoms with E-state index < -0.39 is 103 Å². The fourth-order valence-corrected chi connectivity index (χ4v) is 2.24. The highest BCUT2D eigenvalue weighted by Crippen LogP contribution is 2.25. The lowest BCUT2D eigenvalue weighted by Crippen LogP contribution is -2.43. The van der Waals surface area contributed by atoms with Crippen molar-refractivity contribution >= 4 is 17.6 Å². The monoisotopic (exact) mass is 372 g/mol. The number of ketones is 1. The van der Waals surface area contributed by atoms with Crippen LogP contribution in [0.3, 0.4) is 0 Å². The first-order chi connectivity index (χ1) is 16.8. The third-order valence-corrected chi connectivity index (χ3v) is 3.81. The predicted octanol–water partition coefficient (Wildman–Crippen LogP) is 1.47. The number of benzene rings is 1. The standard InChI is InChI=1S/C20H28N2O4/c1-12(2)18(24)16(23)11-13(3)19(25)21-17-15-8-6-5-7-14(15)9-10-22(4)20(17)26/h5-8,12-13,17-18,24H,9-11H2,1-4H3,(H,21,25)/t13-,17+,18+/m1/s1/i1D3,5D,6D,7D,8D,10D2,12D,13D,17D/t12?,13-,17+,18+. The largest absolute Gasteiger partial charge is 0.385 e. The van der Waals surface area contributed by atoms with Crippen LogP contribution in [0.4, 0.5) is 0 Å². The summed E-state index contributed by atoms with van der Waals surface area (Å²) >= 11 is 0. The van der Waals surface area contributed by atoms with Crippen molar-refractivity contribution in [1.82, 2.24) is 10.2 Å². The minimum absolute atomic E-state index is 0.449. The van der Waals surface area contributed by atoms with Gasteiger partial charge in [0.2, 0.25) is 11.8 Å². The van der Waals surface area contributed by atoms with Crippen molar-refractivity contribution in [2.75, 3.05) is 13.5 Å². The van der Waals surface area contributed by atoms with Crippen molar-refractivity contribution in [2.45, 2.75) is 45.7 Å². The summed E-state index contributed by atoms with van der Waals surface area (Å²) in [6, 6.07) is -6.30. The summed E-state index contributed by atoms with van der Waals surface area (Å²) in [4.78, 5) is 39.5. The summed E-state index contributed by atoms with van der Waals surface area (Å²) in [7, 11) is 0.962. The highest BCUT2D eigenvalue weighted by molar-refractivity contribution is 5.92. The fourth-order valence-electron chi connectivity index (χ4n) is 2.24. The predicted molar refractivity (Wildman–Crippen MR) is 98.3 cm³/mol. The molecule has 2 amide bonds. The fraction of sp³-hybridized carbons (Fsp3) is 0.550. The quantitative estimate of drug-likeness (QED) is 0.792. The van der Waals surface area contributed by atoms with Gasteiger partial charge in [0.1, 0.15) is 12.1 Å². The van der Waals surface area contributed by atoms with E-state index in [1.807, 2.05) is 5.32 Å². The van der Waals surface area contributed by atoms with Crippen LogP contribution in [0, 0.1) is 11.8 Å². The van der Waals surface area contributed by atoms with Crippen LogP contribution in [0.2, 0.25) is 0 Å². The van der Waals surface area contributed by atoms with Gasteiger partial charge in [0, 0.05) is 35.5 Å². The molecule has 142 valence electrons. The molecule has 0 spiro atoms. The van der Waals surface area contributed by atoms with Gasteiger partial charge in [-0.15, -0.1) is 0 Å². The second kappa shape index (κ2) is 8.45. The summed E-state index contributed by atoms with van der Waals surface area (Å²) in [6.45, 7) is -4.01. The topological polar surface area (TPSA) is 86.7 Å². The Bertz CT molecular complexity index is 1180. The van der Waals surface area contributed by atoms with Gasteiger partial charge in [0.05, 0.1) is 6.85 Å². The highest BCUT2D eigenvalue weighted by atomic mass is 16.3. The Morgan fingerprint density at radius 2 is 2.23 bits per heavy atom. The van der Waals surface area contributed by atoms with E-state index in [0.717, 1.165) is 20.9 Å². The van der Waals surface area contributed by atoms with Crippen molar-refractivity contribution in [3.63, 3.8) is 0 Å².